The van der Waals surface area contributed by atoms with Crippen LogP contribution in [0.15, 0.2) is 18.2 Å². The van der Waals surface area contributed by atoms with E-state index in [1.54, 1.807) is 0 Å². The lowest BCUT2D eigenvalue weighted by atomic mass is 10.1. The summed E-state index contributed by atoms with van der Waals surface area (Å²) >= 11 is 0. The van der Waals surface area contributed by atoms with E-state index in [0.717, 1.165) is 0 Å². The van der Waals surface area contributed by atoms with E-state index in [2.05, 4.69) is 25.9 Å². The van der Waals surface area contributed by atoms with Gasteiger partial charge in [0.25, 0.3) is 5.91 Å². The summed E-state index contributed by atoms with van der Waals surface area (Å²) in [5, 5.41) is 24.5. The highest BCUT2D eigenvalue weighted by atomic mass is 16.3. The van der Waals surface area contributed by atoms with Gasteiger partial charge in [-0.05, 0) is 29.5 Å². The summed E-state index contributed by atoms with van der Waals surface area (Å²) in [7, 11) is 0. The number of nitrogens with one attached hydrogen (secondary N) is 2. The molecule has 1 heterocycles. The SMILES string of the molecule is CC(=O)c1cccc(C(=O)Nc2nnn[nH]2)c1O. The van der Waals surface area contributed by atoms with E-state index in [1.165, 1.54) is 25.1 Å². The van der Waals surface area contributed by atoms with Crippen molar-refractivity contribution in [2.75, 3.05) is 5.32 Å². The number of benzene rings is 1. The van der Waals surface area contributed by atoms with Crippen LogP contribution in [0.25, 0.3) is 0 Å². The molecular formula is C10H9N5O3. The number of aromatic nitrogens is 4. The molecule has 1 aromatic carbocycles. The summed E-state index contributed by atoms with van der Waals surface area (Å²) in [5.41, 5.74) is 0.0532. The van der Waals surface area contributed by atoms with Crippen molar-refractivity contribution in [3.8, 4) is 5.75 Å². The first-order chi connectivity index (χ1) is 8.59. The van der Waals surface area contributed by atoms with E-state index < -0.39 is 5.91 Å². The Labute approximate surface area is 101 Å². The van der Waals surface area contributed by atoms with Crippen molar-refractivity contribution in [1.82, 2.24) is 20.6 Å². The van der Waals surface area contributed by atoms with Crippen molar-refractivity contribution in [2.24, 2.45) is 0 Å². The number of amides is 1. The van der Waals surface area contributed by atoms with Gasteiger partial charge in [-0.2, -0.15) is 0 Å². The number of phenolic OH excluding ortho intramolecular Hbond substituents is 1. The van der Waals surface area contributed by atoms with Crippen molar-refractivity contribution in [3.05, 3.63) is 29.3 Å². The van der Waals surface area contributed by atoms with Gasteiger partial charge in [-0.1, -0.05) is 11.2 Å². The van der Waals surface area contributed by atoms with Gasteiger partial charge in [-0.3, -0.25) is 14.9 Å². The fourth-order valence-corrected chi connectivity index (χ4v) is 1.40. The maximum Gasteiger partial charge on any atom is 0.261 e. The first kappa shape index (κ1) is 11.7. The Morgan fingerprint density at radius 1 is 1.33 bits per heavy atom. The molecule has 0 saturated carbocycles. The Bertz CT molecular complexity index is 594. The van der Waals surface area contributed by atoms with E-state index in [0.29, 0.717) is 0 Å². The minimum atomic E-state index is -0.617. The molecule has 0 aliphatic carbocycles. The fraction of sp³-hybridized carbons (Fsp3) is 0.100. The summed E-state index contributed by atoms with van der Waals surface area (Å²) < 4.78 is 0. The van der Waals surface area contributed by atoms with E-state index in [-0.39, 0.29) is 28.6 Å². The molecule has 0 saturated heterocycles. The number of aromatic hydroxyl groups is 1. The zero-order chi connectivity index (χ0) is 13.1. The highest BCUT2D eigenvalue weighted by Gasteiger charge is 2.17. The van der Waals surface area contributed by atoms with Crippen LogP contribution in [0.4, 0.5) is 5.95 Å². The number of hydrogen-bond acceptors (Lipinski definition) is 6. The molecule has 0 spiro atoms. The third-order valence-corrected chi connectivity index (χ3v) is 2.24. The van der Waals surface area contributed by atoms with Gasteiger partial charge in [0, 0.05) is 0 Å². The van der Waals surface area contributed by atoms with Gasteiger partial charge >= 0.3 is 0 Å². The summed E-state index contributed by atoms with van der Waals surface area (Å²) in [6.07, 6.45) is 0. The molecule has 0 radical (unpaired) electrons. The molecule has 0 aliphatic rings. The smallest absolute Gasteiger partial charge is 0.261 e. The summed E-state index contributed by atoms with van der Waals surface area (Å²) in [6, 6.07) is 4.33. The standard InChI is InChI=1S/C10H9N5O3/c1-5(16)6-3-2-4-7(8(6)17)9(18)11-10-12-14-15-13-10/h2-4,17H,1H3,(H2,11,12,13,14,15,18). The first-order valence-corrected chi connectivity index (χ1v) is 4.97. The largest absolute Gasteiger partial charge is 0.506 e. The van der Waals surface area contributed by atoms with Crippen molar-refractivity contribution in [3.63, 3.8) is 0 Å². The number of tetrazole rings is 1. The molecule has 0 unspecified atom stereocenters. The maximum atomic E-state index is 11.8. The highest BCUT2D eigenvalue weighted by molar-refractivity contribution is 6.08. The quantitative estimate of drug-likeness (QED) is 0.673. The summed E-state index contributed by atoms with van der Waals surface area (Å²) in [5.74, 6) is -1.26. The number of carbonyl (C=O) groups excluding carboxylic acids is 2. The van der Waals surface area contributed by atoms with Crippen molar-refractivity contribution >= 4 is 17.6 Å². The van der Waals surface area contributed by atoms with Gasteiger partial charge in [-0.25, -0.2) is 5.10 Å². The third kappa shape index (κ3) is 2.17. The number of phenols is 1. The molecule has 0 aliphatic heterocycles. The van der Waals surface area contributed by atoms with Crippen LogP contribution in [0.5, 0.6) is 5.75 Å². The second kappa shape index (κ2) is 4.62. The van der Waals surface area contributed by atoms with E-state index in [4.69, 9.17) is 0 Å². The van der Waals surface area contributed by atoms with Crippen LogP contribution in [0, 0.1) is 0 Å². The molecule has 92 valence electrons. The number of nitrogens with zero attached hydrogens (tertiary/aromatic N) is 3. The van der Waals surface area contributed by atoms with Crippen LogP contribution in [0.1, 0.15) is 27.6 Å². The Balaban J connectivity index is 2.31. The van der Waals surface area contributed by atoms with Crippen LogP contribution in [-0.4, -0.2) is 37.4 Å². The van der Waals surface area contributed by atoms with Crippen molar-refractivity contribution in [1.29, 1.82) is 0 Å². The third-order valence-electron chi connectivity index (χ3n) is 2.24. The lowest BCUT2D eigenvalue weighted by Gasteiger charge is -2.06. The van der Waals surface area contributed by atoms with E-state index in [9.17, 15) is 14.7 Å². The molecule has 1 aromatic heterocycles. The zero-order valence-electron chi connectivity index (χ0n) is 9.34. The average Bonchev–Trinajstić information content (AvgIpc) is 2.81. The summed E-state index contributed by atoms with van der Waals surface area (Å²) in [4.78, 5) is 23.0. The number of para-hydroxylation sites is 1. The number of ketones is 1. The molecule has 1 amide bonds. The van der Waals surface area contributed by atoms with Crippen molar-refractivity contribution in [2.45, 2.75) is 6.92 Å². The van der Waals surface area contributed by atoms with Crippen LogP contribution < -0.4 is 5.32 Å². The predicted octanol–water partition coefficient (Wildman–Crippen LogP) is 0.360. The van der Waals surface area contributed by atoms with Gasteiger partial charge in [0.2, 0.25) is 5.95 Å². The fourth-order valence-electron chi connectivity index (χ4n) is 1.40. The molecule has 8 nitrogen and oxygen atoms in total. The molecule has 2 rings (SSSR count). The molecular weight excluding hydrogens is 238 g/mol. The molecule has 0 fully saturated rings. The molecule has 3 N–H and O–H groups in total. The Morgan fingerprint density at radius 3 is 2.67 bits per heavy atom. The van der Waals surface area contributed by atoms with Crippen LogP contribution in [0.2, 0.25) is 0 Å². The topological polar surface area (TPSA) is 121 Å². The van der Waals surface area contributed by atoms with Gasteiger partial charge in [0.1, 0.15) is 5.75 Å². The lowest BCUT2D eigenvalue weighted by Crippen LogP contribution is -2.14. The van der Waals surface area contributed by atoms with Crippen molar-refractivity contribution < 1.29 is 14.7 Å². The monoisotopic (exact) mass is 247 g/mol. The highest BCUT2D eigenvalue weighted by Crippen LogP contribution is 2.23. The second-order valence-electron chi connectivity index (χ2n) is 3.46. The molecule has 18 heavy (non-hydrogen) atoms. The lowest BCUT2D eigenvalue weighted by molar-refractivity contribution is 0.101. The Morgan fingerprint density at radius 2 is 2.06 bits per heavy atom. The number of rotatable bonds is 3. The van der Waals surface area contributed by atoms with E-state index >= 15 is 0 Å². The number of carbonyl (C=O) groups is 2. The normalized spacial score (nSPS) is 10.1. The van der Waals surface area contributed by atoms with Gasteiger partial charge in [0.15, 0.2) is 5.78 Å². The van der Waals surface area contributed by atoms with Gasteiger partial charge in [-0.15, -0.1) is 0 Å². The van der Waals surface area contributed by atoms with Crippen LogP contribution in [0.3, 0.4) is 0 Å². The number of H-pyrrole nitrogens is 1. The molecule has 2 aromatic rings. The van der Waals surface area contributed by atoms with Crippen LogP contribution >= 0.6 is 0 Å². The Hall–Kier alpha value is -2.77. The molecule has 8 heteroatoms. The van der Waals surface area contributed by atoms with Gasteiger partial charge < -0.3 is 5.11 Å². The number of anilines is 1. The second-order valence-corrected chi connectivity index (χ2v) is 3.46. The molecule has 0 atom stereocenters. The number of Topliss-reactive ketones (excluding diaryl/α,β-unsaturated/α-hetero) is 1. The first-order valence-electron chi connectivity index (χ1n) is 4.97. The molecule has 0 bridgehead atoms. The van der Waals surface area contributed by atoms with E-state index in [1.807, 2.05) is 0 Å². The zero-order valence-corrected chi connectivity index (χ0v) is 9.34. The maximum absolute atomic E-state index is 11.8. The minimum absolute atomic E-state index is 0.0286. The summed E-state index contributed by atoms with van der Waals surface area (Å²) in [6.45, 7) is 1.30. The number of aromatic amines is 1. The average molecular weight is 247 g/mol. The Kier molecular flexibility index (Phi) is 3.00. The number of hydrogen-bond donors (Lipinski definition) is 3. The predicted molar refractivity (Wildman–Crippen MR) is 60.2 cm³/mol. The van der Waals surface area contributed by atoms with Gasteiger partial charge in [0.05, 0.1) is 11.1 Å². The van der Waals surface area contributed by atoms with Crippen LogP contribution in [-0.2, 0) is 0 Å². The minimum Gasteiger partial charge on any atom is -0.506 e.